The third kappa shape index (κ3) is 5.80. The summed E-state index contributed by atoms with van der Waals surface area (Å²) < 4.78 is 5.25. The minimum atomic E-state index is -0.0955. The van der Waals surface area contributed by atoms with Gasteiger partial charge >= 0.3 is 0 Å². The maximum Gasteiger partial charge on any atom is 0.0589 e. The van der Waals surface area contributed by atoms with Crippen molar-refractivity contribution in [3.05, 3.63) is 0 Å². The predicted molar refractivity (Wildman–Crippen MR) is 80.4 cm³/mol. The summed E-state index contributed by atoms with van der Waals surface area (Å²) in [4.78, 5) is 2.54. The van der Waals surface area contributed by atoms with E-state index >= 15 is 0 Å². The van der Waals surface area contributed by atoms with E-state index < -0.39 is 0 Å². The quantitative estimate of drug-likeness (QED) is 0.689. The average molecular weight is 271 g/mol. The largest absolute Gasteiger partial charge is 0.393 e. The molecule has 114 valence electrons. The fourth-order valence-electron chi connectivity index (χ4n) is 3.32. The molecule has 0 heterocycles. The molecule has 0 aromatic carbocycles. The summed E-state index contributed by atoms with van der Waals surface area (Å²) >= 11 is 0. The second kappa shape index (κ2) is 9.73. The van der Waals surface area contributed by atoms with E-state index in [1.165, 1.54) is 38.5 Å². The van der Waals surface area contributed by atoms with Crippen LogP contribution in [0.1, 0.15) is 58.8 Å². The molecule has 0 bridgehead atoms. The first-order chi connectivity index (χ1) is 9.22. The van der Waals surface area contributed by atoms with Crippen LogP contribution in [0.4, 0.5) is 0 Å². The Bertz CT molecular complexity index is 219. The zero-order valence-electron chi connectivity index (χ0n) is 13.1. The molecule has 0 aliphatic heterocycles. The van der Waals surface area contributed by atoms with Crippen LogP contribution in [-0.4, -0.2) is 49.0 Å². The smallest absolute Gasteiger partial charge is 0.0589 e. The van der Waals surface area contributed by atoms with Crippen molar-refractivity contribution in [1.29, 1.82) is 0 Å². The molecule has 1 N–H and O–H groups in total. The van der Waals surface area contributed by atoms with Gasteiger partial charge < -0.3 is 9.84 Å². The lowest BCUT2D eigenvalue weighted by Gasteiger charge is -2.34. The summed E-state index contributed by atoms with van der Waals surface area (Å²) in [6.07, 6.45) is 8.21. The first-order valence-corrected chi connectivity index (χ1v) is 8.13. The number of hydrogen-bond acceptors (Lipinski definition) is 3. The number of aliphatic hydroxyl groups is 1. The molecule has 0 saturated heterocycles. The van der Waals surface area contributed by atoms with E-state index in [1.807, 2.05) is 0 Å². The third-order valence-electron chi connectivity index (χ3n) is 4.63. The highest BCUT2D eigenvalue weighted by atomic mass is 16.5. The Balaban J connectivity index is 2.57. The van der Waals surface area contributed by atoms with Crippen molar-refractivity contribution in [3.8, 4) is 0 Å². The molecule has 19 heavy (non-hydrogen) atoms. The Hall–Kier alpha value is -0.120. The lowest BCUT2D eigenvalue weighted by Crippen LogP contribution is -2.42. The second-order valence-corrected chi connectivity index (χ2v) is 5.92. The molecule has 0 amide bonds. The van der Waals surface area contributed by atoms with Crippen LogP contribution in [0.3, 0.4) is 0 Å². The molecular weight excluding hydrogens is 238 g/mol. The molecule has 0 radical (unpaired) electrons. The molecule has 2 atom stereocenters. The maximum atomic E-state index is 10.3. The van der Waals surface area contributed by atoms with Gasteiger partial charge in [-0.15, -0.1) is 0 Å². The molecular formula is C16H33NO2. The molecule has 0 aromatic heterocycles. The minimum absolute atomic E-state index is 0.0955. The van der Waals surface area contributed by atoms with Gasteiger partial charge in [-0.05, 0) is 31.6 Å². The molecule has 1 saturated carbocycles. The van der Waals surface area contributed by atoms with E-state index in [-0.39, 0.29) is 6.10 Å². The molecule has 0 spiro atoms. The second-order valence-electron chi connectivity index (χ2n) is 5.92. The normalized spacial score (nSPS) is 24.9. The summed E-state index contributed by atoms with van der Waals surface area (Å²) in [5, 5.41) is 10.3. The average Bonchev–Trinajstić information content (AvgIpc) is 2.62. The Morgan fingerprint density at radius 1 is 1.16 bits per heavy atom. The third-order valence-corrected chi connectivity index (χ3v) is 4.63. The van der Waals surface area contributed by atoms with Crippen molar-refractivity contribution in [2.24, 2.45) is 5.92 Å². The van der Waals surface area contributed by atoms with Gasteiger partial charge in [0.05, 0.1) is 12.7 Å². The molecule has 1 aliphatic carbocycles. The van der Waals surface area contributed by atoms with Crippen LogP contribution in [0.5, 0.6) is 0 Å². The first-order valence-electron chi connectivity index (χ1n) is 8.13. The lowest BCUT2D eigenvalue weighted by atomic mass is 9.95. The fourth-order valence-corrected chi connectivity index (χ4v) is 3.32. The van der Waals surface area contributed by atoms with Gasteiger partial charge in [0.15, 0.2) is 0 Å². The summed E-state index contributed by atoms with van der Waals surface area (Å²) in [6, 6.07) is 0.630. The molecule has 3 nitrogen and oxygen atoms in total. The highest BCUT2D eigenvalue weighted by molar-refractivity contribution is 4.79. The molecule has 2 unspecified atom stereocenters. The number of hydrogen-bond donors (Lipinski definition) is 1. The molecule has 3 heteroatoms. The monoisotopic (exact) mass is 271 g/mol. The van der Waals surface area contributed by atoms with Crippen LogP contribution in [-0.2, 0) is 4.74 Å². The maximum absolute atomic E-state index is 10.3. The lowest BCUT2D eigenvalue weighted by molar-refractivity contribution is 0.0458. The van der Waals surface area contributed by atoms with Crippen molar-refractivity contribution in [1.82, 2.24) is 4.90 Å². The van der Waals surface area contributed by atoms with E-state index in [1.54, 1.807) is 7.11 Å². The van der Waals surface area contributed by atoms with Crippen molar-refractivity contribution in [2.75, 3.05) is 26.8 Å². The van der Waals surface area contributed by atoms with Gasteiger partial charge in [-0.25, -0.2) is 0 Å². The van der Waals surface area contributed by atoms with Crippen LogP contribution in [0.2, 0.25) is 0 Å². The van der Waals surface area contributed by atoms with Crippen molar-refractivity contribution < 1.29 is 9.84 Å². The Morgan fingerprint density at radius 3 is 2.47 bits per heavy atom. The Labute approximate surface area is 119 Å². The molecule has 1 rings (SSSR count). The predicted octanol–water partition coefficient (Wildman–Crippen LogP) is 3.06. The SMILES string of the molecule is CCC(CC)N(CCOC)CC1CCCCCC1O. The Morgan fingerprint density at radius 2 is 1.84 bits per heavy atom. The van der Waals surface area contributed by atoms with E-state index in [0.29, 0.717) is 12.0 Å². The summed E-state index contributed by atoms with van der Waals surface area (Å²) in [7, 11) is 1.77. The highest BCUT2D eigenvalue weighted by Crippen LogP contribution is 2.25. The summed E-state index contributed by atoms with van der Waals surface area (Å²) in [5.74, 6) is 0.458. The van der Waals surface area contributed by atoms with Crippen molar-refractivity contribution in [3.63, 3.8) is 0 Å². The zero-order valence-corrected chi connectivity index (χ0v) is 13.1. The number of ether oxygens (including phenoxy) is 1. The van der Waals surface area contributed by atoms with Gasteiger partial charge in [0.25, 0.3) is 0 Å². The van der Waals surface area contributed by atoms with Crippen molar-refractivity contribution in [2.45, 2.75) is 70.9 Å². The first kappa shape index (κ1) is 16.9. The summed E-state index contributed by atoms with van der Waals surface area (Å²) in [5.41, 5.74) is 0. The van der Waals surface area contributed by atoms with Gasteiger partial charge in [0.2, 0.25) is 0 Å². The van der Waals surface area contributed by atoms with Crippen LogP contribution in [0.15, 0.2) is 0 Å². The van der Waals surface area contributed by atoms with E-state index in [9.17, 15) is 5.11 Å². The molecule has 1 aliphatic rings. The van der Waals surface area contributed by atoms with E-state index in [4.69, 9.17) is 4.74 Å². The fraction of sp³-hybridized carbons (Fsp3) is 1.00. The van der Waals surface area contributed by atoms with E-state index in [0.717, 1.165) is 26.1 Å². The van der Waals surface area contributed by atoms with Gasteiger partial charge in [-0.2, -0.15) is 0 Å². The zero-order chi connectivity index (χ0) is 14.1. The van der Waals surface area contributed by atoms with Gasteiger partial charge in [0.1, 0.15) is 0 Å². The number of nitrogens with zero attached hydrogens (tertiary/aromatic N) is 1. The molecule has 0 aromatic rings. The minimum Gasteiger partial charge on any atom is -0.393 e. The number of rotatable bonds is 8. The number of methoxy groups -OCH3 is 1. The number of aliphatic hydroxyl groups excluding tert-OH is 1. The van der Waals surface area contributed by atoms with Crippen LogP contribution in [0, 0.1) is 5.92 Å². The highest BCUT2D eigenvalue weighted by Gasteiger charge is 2.26. The van der Waals surface area contributed by atoms with Crippen LogP contribution in [0.25, 0.3) is 0 Å². The topological polar surface area (TPSA) is 32.7 Å². The Kier molecular flexibility index (Phi) is 8.67. The van der Waals surface area contributed by atoms with E-state index in [2.05, 4.69) is 18.7 Å². The van der Waals surface area contributed by atoms with Gasteiger partial charge in [0, 0.05) is 26.2 Å². The molecule has 1 fully saturated rings. The van der Waals surface area contributed by atoms with Crippen LogP contribution < -0.4 is 0 Å². The van der Waals surface area contributed by atoms with Crippen LogP contribution >= 0.6 is 0 Å². The van der Waals surface area contributed by atoms with Crippen molar-refractivity contribution >= 4 is 0 Å². The standard InChI is InChI=1S/C16H33NO2/c1-4-15(5-2)17(11-12-19-3)13-14-9-7-6-8-10-16(14)18/h14-16,18H,4-13H2,1-3H3. The van der Waals surface area contributed by atoms with Gasteiger partial charge in [-0.1, -0.05) is 33.1 Å². The summed E-state index contributed by atoms with van der Waals surface area (Å²) in [6.45, 7) is 7.34. The van der Waals surface area contributed by atoms with Gasteiger partial charge in [-0.3, -0.25) is 4.90 Å².